The van der Waals surface area contributed by atoms with Crippen LogP contribution in [0.1, 0.15) is 32.2 Å². The van der Waals surface area contributed by atoms with Crippen LogP contribution < -0.4 is 5.73 Å². The molecule has 8 nitrogen and oxygen atoms in total. The quantitative estimate of drug-likeness (QED) is 0.427. The molecule has 0 saturated carbocycles. The Morgan fingerprint density at radius 1 is 1.06 bits per heavy atom. The summed E-state index contributed by atoms with van der Waals surface area (Å²) in [4.78, 5) is 16.9. The molecule has 4 heterocycles. The number of rotatable bonds is 4. The van der Waals surface area contributed by atoms with Crippen LogP contribution in [0, 0.1) is 11.8 Å². The minimum Gasteiger partial charge on any atom is -0.389 e. The van der Waals surface area contributed by atoms with Gasteiger partial charge in [-0.2, -0.15) is 0 Å². The molecule has 8 heteroatoms. The summed E-state index contributed by atoms with van der Waals surface area (Å²) in [5.41, 5.74) is 6.69. The lowest BCUT2D eigenvalue weighted by atomic mass is 10.0. The van der Waals surface area contributed by atoms with E-state index in [0.717, 1.165) is 16.5 Å². The van der Waals surface area contributed by atoms with Crippen LogP contribution in [0.25, 0.3) is 22.2 Å². The molecule has 0 bridgehead atoms. The van der Waals surface area contributed by atoms with Crippen LogP contribution in [0.5, 0.6) is 0 Å². The third-order valence-corrected chi connectivity index (χ3v) is 4.87. The lowest BCUT2D eigenvalue weighted by Gasteiger charge is -2.18. The van der Waals surface area contributed by atoms with Crippen LogP contribution in [-0.2, 0) is 12.1 Å². The number of fused-ring (bicyclic) bond motifs is 1. The van der Waals surface area contributed by atoms with E-state index in [1.54, 1.807) is 63.6 Å². The number of aliphatic hydroxyl groups is 2. The first-order valence-electron chi connectivity index (χ1n) is 10.1. The first-order valence-corrected chi connectivity index (χ1v) is 10.1. The molecule has 32 heavy (non-hydrogen) atoms. The number of aromatic nitrogens is 5. The number of anilines is 1. The summed E-state index contributed by atoms with van der Waals surface area (Å²) >= 11 is 0. The normalized spacial score (nSPS) is 13.4. The minimum atomic E-state index is -1.42. The Hall–Kier alpha value is -3.80. The highest BCUT2D eigenvalue weighted by Gasteiger charge is 2.22. The second-order valence-electron chi connectivity index (χ2n) is 8.41. The van der Waals surface area contributed by atoms with Crippen molar-refractivity contribution in [2.75, 3.05) is 5.73 Å². The zero-order chi connectivity index (χ0) is 22.9. The maximum Gasteiger partial charge on any atom is 0.220 e. The van der Waals surface area contributed by atoms with Crippen molar-refractivity contribution in [2.45, 2.75) is 38.5 Å². The van der Waals surface area contributed by atoms with E-state index >= 15 is 0 Å². The smallest absolute Gasteiger partial charge is 0.220 e. The van der Waals surface area contributed by atoms with Gasteiger partial charge in [0.1, 0.15) is 5.69 Å². The first kappa shape index (κ1) is 21.4. The lowest BCUT2D eigenvalue weighted by molar-refractivity contribution is 0.0628. The molecule has 0 fully saturated rings. The van der Waals surface area contributed by atoms with Crippen LogP contribution in [0.2, 0.25) is 0 Å². The van der Waals surface area contributed by atoms with Gasteiger partial charge in [-0.15, -0.1) is 0 Å². The maximum absolute atomic E-state index is 10.7. The molecular formula is C24H24N6O2. The lowest BCUT2D eigenvalue weighted by Crippen LogP contribution is -2.25. The summed E-state index contributed by atoms with van der Waals surface area (Å²) in [7, 11) is 0. The Kier molecular flexibility index (Phi) is 5.38. The van der Waals surface area contributed by atoms with Crippen LogP contribution in [0.15, 0.2) is 55.1 Å². The number of pyridine rings is 2. The van der Waals surface area contributed by atoms with Crippen LogP contribution in [0.3, 0.4) is 0 Å². The highest BCUT2D eigenvalue weighted by atomic mass is 16.3. The standard InChI is InChI=1S/C24H24N6O2/c1-23(2,31)15-30-14-18(19-8-11-27-22(25)29-19)17-12-16(28-13-20(17)30)7-9-24(3,32)21-6-4-5-10-26-21/h4-6,8,10-14,31-32H,15H2,1-3H3,(H2,25,27,29). The van der Waals surface area contributed by atoms with Gasteiger partial charge in [0.15, 0.2) is 5.60 Å². The van der Waals surface area contributed by atoms with Gasteiger partial charge in [0.05, 0.1) is 35.2 Å². The van der Waals surface area contributed by atoms with Gasteiger partial charge in [-0.1, -0.05) is 12.0 Å². The van der Waals surface area contributed by atoms with Crippen molar-refractivity contribution in [1.29, 1.82) is 0 Å². The molecule has 0 aliphatic carbocycles. The Bertz CT molecular complexity index is 1330. The molecule has 1 unspecified atom stereocenters. The zero-order valence-electron chi connectivity index (χ0n) is 18.1. The van der Waals surface area contributed by atoms with Gasteiger partial charge < -0.3 is 20.5 Å². The highest BCUT2D eigenvalue weighted by Crippen LogP contribution is 2.31. The van der Waals surface area contributed by atoms with Crippen molar-refractivity contribution >= 4 is 16.9 Å². The molecule has 162 valence electrons. The molecule has 4 aromatic heterocycles. The minimum absolute atomic E-state index is 0.173. The third kappa shape index (κ3) is 4.59. The van der Waals surface area contributed by atoms with Crippen molar-refractivity contribution in [2.24, 2.45) is 0 Å². The SMILES string of the molecule is CC(C)(O)Cn1cc(-c2ccnc(N)n2)c2cc(C#CC(C)(O)c3ccccn3)ncc21. The van der Waals surface area contributed by atoms with Crippen LogP contribution in [0.4, 0.5) is 5.95 Å². The molecule has 4 rings (SSSR count). The van der Waals surface area contributed by atoms with Crippen molar-refractivity contribution in [3.8, 4) is 23.1 Å². The highest BCUT2D eigenvalue weighted by molar-refractivity contribution is 5.95. The monoisotopic (exact) mass is 428 g/mol. The molecule has 0 aliphatic heterocycles. The molecule has 0 amide bonds. The number of hydrogen-bond acceptors (Lipinski definition) is 7. The molecule has 0 saturated heterocycles. The van der Waals surface area contributed by atoms with E-state index in [-0.39, 0.29) is 5.95 Å². The topological polar surface area (TPSA) is 123 Å². The fourth-order valence-corrected chi connectivity index (χ4v) is 3.43. The zero-order valence-corrected chi connectivity index (χ0v) is 18.1. The summed E-state index contributed by atoms with van der Waals surface area (Å²) in [6.45, 7) is 5.45. The van der Waals surface area contributed by atoms with Gasteiger partial charge in [-0.05, 0) is 51.0 Å². The fraction of sp³-hybridized carbons (Fsp3) is 0.250. The van der Waals surface area contributed by atoms with Crippen LogP contribution >= 0.6 is 0 Å². The van der Waals surface area contributed by atoms with Crippen molar-refractivity contribution < 1.29 is 10.2 Å². The van der Waals surface area contributed by atoms with E-state index in [9.17, 15) is 10.2 Å². The first-order chi connectivity index (χ1) is 15.1. The van der Waals surface area contributed by atoms with Crippen molar-refractivity contribution in [1.82, 2.24) is 24.5 Å². The van der Waals surface area contributed by atoms with Gasteiger partial charge >= 0.3 is 0 Å². The number of hydrogen-bond donors (Lipinski definition) is 3. The Morgan fingerprint density at radius 3 is 2.56 bits per heavy atom. The predicted octanol–water partition coefficient (Wildman–Crippen LogP) is 2.50. The van der Waals surface area contributed by atoms with E-state index < -0.39 is 11.2 Å². The average molecular weight is 428 g/mol. The van der Waals surface area contributed by atoms with E-state index in [1.807, 2.05) is 16.8 Å². The summed E-state index contributed by atoms with van der Waals surface area (Å²) in [5.74, 6) is 5.99. The largest absolute Gasteiger partial charge is 0.389 e. The van der Waals surface area contributed by atoms with E-state index in [1.165, 1.54) is 0 Å². The summed E-state index contributed by atoms with van der Waals surface area (Å²) in [6, 6.07) is 8.91. The molecular weight excluding hydrogens is 404 g/mol. The van der Waals surface area contributed by atoms with E-state index in [4.69, 9.17) is 5.73 Å². The fourth-order valence-electron chi connectivity index (χ4n) is 3.43. The van der Waals surface area contributed by atoms with Crippen molar-refractivity contribution in [3.05, 3.63) is 66.5 Å². The summed E-state index contributed by atoms with van der Waals surface area (Å²) in [6.07, 6.45) is 6.83. The molecule has 1 atom stereocenters. The van der Waals surface area contributed by atoms with Gasteiger partial charge in [-0.25, -0.2) is 15.0 Å². The molecule has 0 spiro atoms. The Balaban J connectivity index is 1.82. The Labute approximate surface area is 185 Å². The Morgan fingerprint density at radius 2 is 1.88 bits per heavy atom. The molecule has 0 aliphatic rings. The number of nitrogens with zero attached hydrogens (tertiary/aromatic N) is 5. The molecule has 4 aromatic rings. The van der Waals surface area contributed by atoms with Gasteiger partial charge in [0.25, 0.3) is 0 Å². The van der Waals surface area contributed by atoms with Crippen LogP contribution in [-0.4, -0.2) is 40.3 Å². The van der Waals surface area contributed by atoms with Gasteiger partial charge in [0, 0.05) is 29.5 Å². The average Bonchev–Trinajstić information content (AvgIpc) is 3.09. The number of nitrogens with two attached hydrogens (primary N) is 1. The summed E-state index contributed by atoms with van der Waals surface area (Å²) < 4.78 is 1.93. The molecule has 4 N–H and O–H groups in total. The summed E-state index contributed by atoms with van der Waals surface area (Å²) in [5, 5.41) is 21.9. The second kappa shape index (κ2) is 8.04. The second-order valence-corrected chi connectivity index (χ2v) is 8.41. The number of nitrogen functional groups attached to an aromatic ring is 1. The van der Waals surface area contributed by atoms with E-state index in [0.29, 0.717) is 23.6 Å². The molecule has 0 aromatic carbocycles. The molecule has 0 radical (unpaired) electrons. The predicted molar refractivity (Wildman–Crippen MR) is 122 cm³/mol. The van der Waals surface area contributed by atoms with E-state index in [2.05, 4.69) is 31.8 Å². The maximum atomic E-state index is 10.7. The van der Waals surface area contributed by atoms with Gasteiger partial charge in [-0.3, -0.25) is 4.98 Å². The van der Waals surface area contributed by atoms with Crippen molar-refractivity contribution in [3.63, 3.8) is 0 Å². The third-order valence-electron chi connectivity index (χ3n) is 4.87. The van der Waals surface area contributed by atoms with Gasteiger partial charge in [0.2, 0.25) is 5.95 Å².